The van der Waals surface area contributed by atoms with Gasteiger partial charge in [0.25, 0.3) is 0 Å². The van der Waals surface area contributed by atoms with E-state index < -0.39 is 10.0 Å². The van der Waals surface area contributed by atoms with Gasteiger partial charge < -0.3 is 9.64 Å². The molecule has 0 N–H and O–H groups in total. The summed E-state index contributed by atoms with van der Waals surface area (Å²) in [4.78, 5) is 10.5. The first-order chi connectivity index (χ1) is 13.0. The highest BCUT2D eigenvalue weighted by Crippen LogP contribution is 2.16. The summed E-state index contributed by atoms with van der Waals surface area (Å²) in [5.74, 6) is 1.53. The second-order valence-corrected chi connectivity index (χ2v) is 8.65. The van der Waals surface area contributed by atoms with E-state index in [-0.39, 0.29) is 12.4 Å². The number of aryl methyl sites for hydroxylation is 2. The lowest BCUT2D eigenvalue weighted by atomic mass is 10.2. The van der Waals surface area contributed by atoms with Crippen LogP contribution in [0.5, 0.6) is 5.75 Å². The Morgan fingerprint density at radius 3 is 2.41 bits per heavy atom. The average molecular weight is 391 g/mol. The molecule has 0 amide bonds. The van der Waals surface area contributed by atoms with Crippen LogP contribution in [0.4, 0.5) is 5.82 Å². The molecule has 1 aliphatic rings. The fourth-order valence-corrected chi connectivity index (χ4v) is 4.30. The van der Waals surface area contributed by atoms with Crippen LogP contribution in [0.2, 0.25) is 0 Å². The maximum Gasteiger partial charge on any atom is 0.217 e. The number of sulfonamides is 1. The lowest BCUT2D eigenvalue weighted by Crippen LogP contribution is -2.50. The summed E-state index contributed by atoms with van der Waals surface area (Å²) in [6.07, 6.45) is 2.51. The van der Waals surface area contributed by atoms with Crippen LogP contribution < -0.4 is 9.64 Å². The van der Waals surface area contributed by atoms with Crippen molar-refractivity contribution in [3.8, 4) is 5.75 Å². The molecule has 8 heteroatoms. The van der Waals surface area contributed by atoms with Crippen LogP contribution in [0.3, 0.4) is 0 Å². The quantitative estimate of drug-likeness (QED) is 0.719. The monoisotopic (exact) mass is 390 g/mol. The second-order valence-electron chi connectivity index (χ2n) is 6.57. The Bertz CT molecular complexity index is 848. The van der Waals surface area contributed by atoms with E-state index in [0.29, 0.717) is 31.9 Å². The first-order valence-corrected chi connectivity index (χ1v) is 10.8. The van der Waals surface area contributed by atoms with E-state index in [1.165, 1.54) is 11.9 Å². The molecule has 0 radical (unpaired) electrons. The van der Waals surface area contributed by atoms with E-state index in [0.717, 1.165) is 17.9 Å². The van der Waals surface area contributed by atoms with Gasteiger partial charge >= 0.3 is 0 Å². The fraction of sp³-hybridized carbons (Fsp3) is 0.474. The van der Waals surface area contributed by atoms with Crippen LogP contribution >= 0.6 is 0 Å². The van der Waals surface area contributed by atoms with Crippen LogP contribution in [0.1, 0.15) is 18.2 Å². The van der Waals surface area contributed by atoms with Crippen molar-refractivity contribution in [3.63, 3.8) is 0 Å². The smallest absolute Gasteiger partial charge is 0.217 e. The van der Waals surface area contributed by atoms with Crippen LogP contribution in [0, 0.1) is 6.92 Å². The molecular formula is C19H26N4O3S. The van der Waals surface area contributed by atoms with E-state index in [1.807, 2.05) is 37.3 Å². The highest BCUT2D eigenvalue weighted by molar-refractivity contribution is 7.89. The summed E-state index contributed by atoms with van der Waals surface area (Å²) in [5.41, 5.74) is 2.13. The molecular weight excluding hydrogens is 364 g/mol. The highest BCUT2D eigenvalue weighted by Gasteiger charge is 2.27. The van der Waals surface area contributed by atoms with Crippen molar-refractivity contribution < 1.29 is 13.2 Å². The lowest BCUT2D eigenvalue weighted by molar-refractivity contribution is 0.331. The average Bonchev–Trinajstić information content (AvgIpc) is 2.68. The molecule has 7 nitrogen and oxygen atoms in total. The summed E-state index contributed by atoms with van der Waals surface area (Å²) < 4.78 is 32.3. The van der Waals surface area contributed by atoms with Crippen molar-refractivity contribution in [3.05, 3.63) is 47.9 Å². The molecule has 27 heavy (non-hydrogen) atoms. The molecule has 3 rings (SSSR count). The summed E-state index contributed by atoms with van der Waals surface area (Å²) in [6.45, 7) is 6.31. The number of ether oxygens (including phenoxy) is 1. The number of anilines is 1. The Hall–Kier alpha value is -2.19. The van der Waals surface area contributed by atoms with Crippen molar-refractivity contribution in [1.29, 1.82) is 0 Å². The van der Waals surface area contributed by atoms with Gasteiger partial charge in [0, 0.05) is 37.9 Å². The number of rotatable bonds is 7. The van der Waals surface area contributed by atoms with Gasteiger partial charge in [-0.2, -0.15) is 4.31 Å². The summed E-state index contributed by atoms with van der Waals surface area (Å²) in [5, 5.41) is 0. The first-order valence-electron chi connectivity index (χ1n) is 9.21. The summed E-state index contributed by atoms with van der Waals surface area (Å²) >= 11 is 0. The predicted molar refractivity (Wildman–Crippen MR) is 106 cm³/mol. The Morgan fingerprint density at radius 2 is 1.78 bits per heavy atom. The van der Waals surface area contributed by atoms with E-state index >= 15 is 0 Å². The van der Waals surface area contributed by atoms with E-state index in [4.69, 9.17) is 4.74 Å². The first kappa shape index (κ1) is 19.6. The van der Waals surface area contributed by atoms with Crippen molar-refractivity contribution in [2.75, 3.05) is 43.4 Å². The lowest BCUT2D eigenvalue weighted by Gasteiger charge is -2.34. The van der Waals surface area contributed by atoms with Crippen molar-refractivity contribution in [2.24, 2.45) is 0 Å². The molecule has 0 aliphatic carbocycles. The van der Waals surface area contributed by atoms with Gasteiger partial charge in [-0.25, -0.2) is 18.4 Å². The van der Waals surface area contributed by atoms with Crippen LogP contribution in [0.15, 0.2) is 36.7 Å². The van der Waals surface area contributed by atoms with Gasteiger partial charge in [-0.05, 0) is 31.0 Å². The van der Waals surface area contributed by atoms with Gasteiger partial charge in [-0.1, -0.05) is 19.1 Å². The minimum absolute atomic E-state index is 0.0187. The Morgan fingerprint density at radius 1 is 1.07 bits per heavy atom. The fourth-order valence-electron chi connectivity index (χ4n) is 3.02. The normalized spacial score (nSPS) is 15.7. The van der Waals surface area contributed by atoms with Crippen molar-refractivity contribution in [2.45, 2.75) is 20.3 Å². The minimum Gasteiger partial charge on any atom is -0.492 e. The largest absolute Gasteiger partial charge is 0.492 e. The molecule has 1 aromatic carbocycles. The molecule has 0 atom stereocenters. The molecule has 1 fully saturated rings. The van der Waals surface area contributed by atoms with E-state index in [2.05, 4.69) is 21.8 Å². The molecule has 0 unspecified atom stereocenters. The number of benzene rings is 1. The molecule has 1 saturated heterocycles. The molecule has 0 saturated carbocycles. The van der Waals surface area contributed by atoms with Gasteiger partial charge in [-0.15, -0.1) is 0 Å². The van der Waals surface area contributed by atoms with Crippen LogP contribution in [-0.4, -0.2) is 61.2 Å². The highest BCUT2D eigenvalue weighted by atomic mass is 32.2. The van der Waals surface area contributed by atoms with Gasteiger partial charge in [0.1, 0.15) is 24.5 Å². The number of hydrogen-bond acceptors (Lipinski definition) is 6. The van der Waals surface area contributed by atoms with Gasteiger partial charge in [0.15, 0.2) is 0 Å². The molecule has 0 bridgehead atoms. The third-order valence-corrected chi connectivity index (χ3v) is 6.52. The topological polar surface area (TPSA) is 75.6 Å². The number of hydrogen-bond donors (Lipinski definition) is 0. The van der Waals surface area contributed by atoms with Gasteiger partial charge in [0.05, 0.1) is 5.75 Å². The number of nitrogens with zero attached hydrogens (tertiary/aromatic N) is 4. The van der Waals surface area contributed by atoms with Crippen LogP contribution in [0.25, 0.3) is 0 Å². The van der Waals surface area contributed by atoms with E-state index in [1.54, 1.807) is 4.31 Å². The van der Waals surface area contributed by atoms with Crippen molar-refractivity contribution >= 4 is 15.8 Å². The molecule has 1 aromatic heterocycles. The number of piperazine rings is 1. The maximum atomic E-state index is 12.6. The molecule has 1 aliphatic heterocycles. The zero-order valence-corrected chi connectivity index (χ0v) is 16.7. The van der Waals surface area contributed by atoms with Crippen LogP contribution in [-0.2, 0) is 16.4 Å². The molecule has 146 valence electrons. The minimum atomic E-state index is -3.33. The molecule has 0 spiro atoms. The molecule has 2 aromatic rings. The summed E-state index contributed by atoms with van der Waals surface area (Å²) in [6, 6.07) is 9.68. The Balaban J connectivity index is 1.49. The predicted octanol–water partition coefficient (Wildman–Crippen LogP) is 1.88. The zero-order valence-electron chi connectivity index (χ0n) is 15.8. The third kappa shape index (κ3) is 5.17. The standard InChI is InChI=1S/C19H26N4O3S/c1-3-17-4-6-18(7-5-17)26-12-13-27(24,25)23-10-8-22(9-11-23)19-14-16(2)20-15-21-19/h4-7,14-15H,3,8-13H2,1-2H3. The van der Waals surface area contributed by atoms with Crippen molar-refractivity contribution in [1.82, 2.24) is 14.3 Å². The Kier molecular flexibility index (Phi) is 6.28. The van der Waals surface area contributed by atoms with Gasteiger partial charge in [0.2, 0.25) is 10.0 Å². The third-order valence-electron chi connectivity index (χ3n) is 4.69. The van der Waals surface area contributed by atoms with Gasteiger partial charge in [-0.3, -0.25) is 0 Å². The zero-order chi connectivity index (χ0) is 19.3. The molecule has 2 heterocycles. The Labute approximate surface area is 161 Å². The second kappa shape index (κ2) is 8.67. The van der Waals surface area contributed by atoms with E-state index in [9.17, 15) is 8.42 Å². The maximum absolute atomic E-state index is 12.6. The SMILES string of the molecule is CCc1ccc(OCCS(=O)(=O)N2CCN(c3cc(C)ncn3)CC2)cc1. The summed E-state index contributed by atoms with van der Waals surface area (Å²) in [7, 11) is -3.33. The number of aromatic nitrogens is 2.